The molecule has 0 aromatic carbocycles. The predicted octanol–water partition coefficient (Wildman–Crippen LogP) is 1.26. The summed E-state index contributed by atoms with van der Waals surface area (Å²) in [5, 5.41) is 7.18. The van der Waals surface area contributed by atoms with Crippen LogP contribution in [0.4, 0.5) is 0 Å². The molecular weight excluding hydrogens is 198 g/mol. The second-order valence-electron chi connectivity index (χ2n) is 2.38. The Morgan fingerprint density at radius 1 is 1.71 bits per heavy atom. The molecule has 0 spiro atoms. The Kier molecular flexibility index (Phi) is 4.43. The van der Waals surface area contributed by atoms with Crippen LogP contribution in [0.15, 0.2) is 40.6 Å². The monoisotopic (exact) mass is 209 g/mol. The SMILES string of the molecule is C=CCNC(=S)N/N=C/c1ccco1. The van der Waals surface area contributed by atoms with Gasteiger partial charge in [-0.15, -0.1) is 6.58 Å². The minimum absolute atomic E-state index is 0.452. The molecule has 2 N–H and O–H groups in total. The Bertz CT molecular complexity index is 319. The van der Waals surface area contributed by atoms with Crippen molar-refractivity contribution in [1.82, 2.24) is 10.7 Å². The van der Waals surface area contributed by atoms with Crippen molar-refractivity contribution in [3.8, 4) is 0 Å². The summed E-state index contributed by atoms with van der Waals surface area (Å²) in [7, 11) is 0. The number of hydrogen-bond acceptors (Lipinski definition) is 3. The molecule has 0 unspecified atom stereocenters. The van der Waals surface area contributed by atoms with Gasteiger partial charge in [0.05, 0.1) is 12.5 Å². The maximum Gasteiger partial charge on any atom is 0.187 e. The van der Waals surface area contributed by atoms with Crippen molar-refractivity contribution < 1.29 is 4.42 Å². The standard InChI is InChI=1S/C9H11N3OS/c1-2-5-10-9(14)12-11-7-8-4-3-6-13-8/h2-4,6-7H,1,5H2,(H2,10,12,14)/b11-7+. The van der Waals surface area contributed by atoms with E-state index in [0.29, 0.717) is 17.4 Å². The van der Waals surface area contributed by atoms with E-state index >= 15 is 0 Å². The number of thiocarbonyl (C=S) groups is 1. The molecule has 0 amide bonds. The van der Waals surface area contributed by atoms with Crippen LogP contribution < -0.4 is 10.7 Å². The average molecular weight is 209 g/mol. The van der Waals surface area contributed by atoms with Crippen molar-refractivity contribution in [2.75, 3.05) is 6.54 Å². The van der Waals surface area contributed by atoms with Crippen LogP contribution >= 0.6 is 12.2 Å². The van der Waals surface area contributed by atoms with Crippen molar-refractivity contribution in [1.29, 1.82) is 0 Å². The summed E-state index contributed by atoms with van der Waals surface area (Å²) < 4.78 is 5.03. The first-order valence-corrected chi connectivity index (χ1v) is 4.45. The Morgan fingerprint density at radius 3 is 3.21 bits per heavy atom. The van der Waals surface area contributed by atoms with Crippen LogP contribution in [0, 0.1) is 0 Å². The normalized spacial score (nSPS) is 10.0. The average Bonchev–Trinajstić information content (AvgIpc) is 2.67. The van der Waals surface area contributed by atoms with E-state index in [-0.39, 0.29) is 0 Å². The first kappa shape index (κ1) is 10.5. The third kappa shape index (κ3) is 3.86. The summed E-state index contributed by atoms with van der Waals surface area (Å²) >= 11 is 4.90. The lowest BCUT2D eigenvalue weighted by Gasteiger charge is -2.02. The highest BCUT2D eigenvalue weighted by Crippen LogP contribution is 1.94. The minimum atomic E-state index is 0.452. The van der Waals surface area contributed by atoms with Gasteiger partial charge in [-0.1, -0.05) is 6.08 Å². The smallest absolute Gasteiger partial charge is 0.187 e. The lowest BCUT2D eigenvalue weighted by Crippen LogP contribution is -2.31. The molecule has 74 valence electrons. The highest BCUT2D eigenvalue weighted by Gasteiger charge is 1.90. The topological polar surface area (TPSA) is 49.6 Å². The van der Waals surface area contributed by atoms with Gasteiger partial charge in [0, 0.05) is 6.54 Å². The molecule has 0 aliphatic heterocycles. The summed E-state index contributed by atoms with van der Waals surface area (Å²) in [5.41, 5.74) is 2.64. The highest BCUT2D eigenvalue weighted by atomic mass is 32.1. The zero-order valence-corrected chi connectivity index (χ0v) is 8.38. The van der Waals surface area contributed by atoms with Crippen molar-refractivity contribution in [2.24, 2.45) is 5.10 Å². The van der Waals surface area contributed by atoms with Gasteiger partial charge in [0.15, 0.2) is 5.11 Å². The van der Waals surface area contributed by atoms with Gasteiger partial charge in [-0.3, -0.25) is 5.43 Å². The van der Waals surface area contributed by atoms with Crippen LogP contribution in [0.3, 0.4) is 0 Å². The fraction of sp³-hybridized carbons (Fsp3) is 0.111. The van der Waals surface area contributed by atoms with Gasteiger partial charge in [0.25, 0.3) is 0 Å². The van der Waals surface area contributed by atoms with Crippen LogP contribution in [0.25, 0.3) is 0 Å². The van der Waals surface area contributed by atoms with Gasteiger partial charge >= 0.3 is 0 Å². The lowest BCUT2D eigenvalue weighted by molar-refractivity contribution is 0.560. The van der Waals surface area contributed by atoms with Crippen molar-refractivity contribution in [3.05, 3.63) is 36.8 Å². The summed E-state index contributed by atoms with van der Waals surface area (Å²) in [5.74, 6) is 0.670. The summed E-state index contributed by atoms with van der Waals surface area (Å²) in [6.07, 6.45) is 4.84. The molecule has 0 atom stereocenters. The molecule has 0 fully saturated rings. The van der Waals surface area contributed by atoms with E-state index in [0.717, 1.165) is 0 Å². The van der Waals surface area contributed by atoms with Gasteiger partial charge in [0.1, 0.15) is 5.76 Å². The van der Waals surface area contributed by atoms with E-state index in [1.165, 1.54) is 0 Å². The second-order valence-corrected chi connectivity index (χ2v) is 2.79. The van der Waals surface area contributed by atoms with Crippen LogP contribution in [0.2, 0.25) is 0 Å². The van der Waals surface area contributed by atoms with E-state index in [9.17, 15) is 0 Å². The first-order valence-electron chi connectivity index (χ1n) is 4.04. The molecule has 0 aliphatic carbocycles. The number of rotatable bonds is 4. The zero-order valence-electron chi connectivity index (χ0n) is 7.56. The number of hydrazone groups is 1. The molecule has 5 heteroatoms. The van der Waals surface area contributed by atoms with Gasteiger partial charge in [0.2, 0.25) is 0 Å². The fourth-order valence-corrected chi connectivity index (χ4v) is 0.860. The fourth-order valence-electron chi connectivity index (χ4n) is 0.724. The molecule has 4 nitrogen and oxygen atoms in total. The number of furan rings is 1. The summed E-state index contributed by atoms with van der Waals surface area (Å²) in [4.78, 5) is 0. The Labute approximate surface area is 87.7 Å². The van der Waals surface area contributed by atoms with Gasteiger partial charge in [-0.2, -0.15) is 5.10 Å². The molecule has 1 aromatic rings. The van der Waals surface area contributed by atoms with Crippen LogP contribution in [0.1, 0.15) is 5.76 Å². The number of nitrogens with one attached hydrogen (secondary N) is 2. The molecule has 14 heavy (non-hydrogen) atoms. The first-order chi connectivity index (χ1) is 6.83. The quantitative estimate of drug-likeness (QED) is 0.339. The molecule has 1 aromatic heterocycles. The Balaban J connectivity index is 2.26. The highest BCUT2D eigenvalue weighted by molar-refractivity contribution is 7.80. The molecule has 1 rings (SSSR count). The molecular formula is C9H11N3OS. The molecule has 1 heterocycles. The summed E-state index contributed by atoms with van der Waals surface area (Å²) in [6.45, 7) is 4.16. The van der Waals surface area contributed by atoms with Crippen molar-refractivity contribution in [3.63, 3.8) is 0 Å². The van der Waals surface area contributed by atoms with Crippen LogP contribution in [-0.4, -0.2) is 17.9 Å². The summed E-state index contributed by atoms with van der Waals surface area (Å²) in [6, 6.07) is 3.58. The molecule has 0 bridgehead atoms. The van der Waals surface area contributed by atoms with Crippen LogP contribution in [0.5, 0.6) is 0 Å². The van der Waals surface area contributed by atoms with E-state index in [1.54, 1.807) is 30.7 Å². The van der Waals surface area contributed by atoms with E-state index in [4.69, 9.17) is 16.6 Å². The number of nitrogens with zero attached hydrogens (tertiary/aromatic N) is 1. The Hall–Kier alpha value is -1.62. The molecule has 0 aliphatic rings. The third-order valence-corrected chi connectivity index (χ3v) is 1.54. The van der Waals surface area contributed by atoms with E-state index < -0.39 is 0 Å². The molecule has 0 radical (unpaired) electrons. The Morgan fingerprint density at radius 2 is 2.57 bits per heavy atom. The zero-order chi connectivity index (χ0) is 10.2. The largest absolute Gasteiger partial charge is 0.463 e. The minimum Gasteiger partial charge on any atom is -0.463 e. The number of hydrogen-bond donors (Lipinski definition) is 2. The van der Waals surface area contributed by atoms with E-state index in [1.807, 2.05) is 0 Å². The van der Waals surface area contributed by atoms with E-state index in [2.05, 4.69) is 22.4 Å². The third-order valence-electron chi connectivity index (χ3n) is 1.31. The van der Waals surface area contributed by atoms with Crippen molar-refractivity contribution >= 4 is 23.5 Å². The second kappa shape index (κ2) is 5.93. The van der Waals surface area contributed by atoms with Crippen LogP contribution in [-0.2, 0) is 0 Å². The van der Waals surface area contributed by atoms with Gasteiger partial charge in [-0.25, -0.2) is 0 Å². The van der Waals surface area contributed by atoms with Gasteiger partial charge < -0.3 is 9.73 Å². The maximum absolute atomic E-state index is 5.03. The predicted molar refractivity (Wildman–Crippen MR) is 60.2 cm³/mol. The lowest BCUT2D eigenvalue weighted by atomic mass is 10.5. The van der Waals surface area contributed by atoms with Gasteiger partial charge in [-0.05, 0) is 24.4 Å². The maximum atomic E-state index is 5.03. The molecule has 0 saturated carbocycles. The molecule has 0 saturated heterocycles. The van der Waals surface area contributed by atoms with Crippen molar-refractivity contribution in [2.45, 2.75) is 0 Å².